The highest BCUT2D eigenvalue weighted by Gasteiger charge is 2.23. The Kier molecular flexibility index (Phi) is 2.94. The van der Waals surface area contributed by atoms with Crippen molar-refractivity contribution in [2.24, 2.45) is 5.73 Å². The van der Waals surface area contributed by atoms with Gasteiger partial charge >= 0.3 is 0 Å². The summed E-state index contributed by atoms with van der Waals surface area (Å²) in [5.74, 6) is 0.124. The Balaban J connectivity index is 2.22. The SMILES string of the molecule is CN1C(=O)Cc2cc(CC(N)CO)ccc21. The monoisotopic (exact) mass is 220 g/mol. The highest BCUT2D eigenvalue weighted by molar-refractivity contribution is 6.00. The molecule has 0 saturated heterocycles. The minimum Gasteiger partial charge on any atom is -0.395 e. The lowest BCUT2D eigenvalue weighted by Crippen LogP contribution is -2.26. The predicted molar refractivity (Wildman–Crippen MR) is 62.3 cm³/mol. The lowest BCUT2D eigenvalue weighted by atomic mass is 10.0. The normalized spacial score (nSPS) is 16.4. The van der Waals surface area contributed by atoms with E-state index in [1.807, 2.05) is 18.2 Å². The van der Waals surface area contributed by atoms with Gasteiger partial charge in [0.15, 0.2) is 0 Å². The number of hydrogen-bond donors (Lipinski definition) is 2. The fourth-order valence-corrected chi connectivity index (χ4v) is 2.02. The van der Waals surface area contributed by atoms with Gasteiger partial charge < -0.3 is 15.7 Å². The van der Waals surface area contributed by atoms with Crippen molar-refractivity contribution in [3.63, 3.8) is 0 Å². The van der Waals surface area contributed by atoms with Crippen molar-refractivity contribution in [1.29, 1.82) is 0 Å². The van der Waals surface area contributed by atoms with E-state index in [-0.39, 0.29) is 18.6 Å². The van der Waals surface area contributed by atoms with Crippen molar-refractivity contribution in [2.45, 2.75) is 18.9 Å². The van der Waals surface area contributed by atoms with Crippen LogP contribution in [0.15, 0.2) is 18.2 Å². The van der Waals surface area contributed by atoms with Crippen LogP contribution in [0.4, 0.5) is 5.69 Å². The molecule has 1 atom stereocenters. The first kappa shape index (κ1) is 11.1. The Morgan fingerprint density at radius 1 is 1.56 bits per heavy atom. The molecule has 4 nitrogen and oxygen atoms in total. The number of hydrogen-bond acceptors (Lipinski definition) is 3. The molecule has 3 N–H and O–H groups in total. The summed E-state index contributed by atoms with van der Waals surface area (Å²) in [6.45, 7) is -0.0179. The minimum absolute atomic E-state index is 0.0179. The molecule has 0 bridgehead atoms. The largest absolute Gasteiger partial charge is 0.395 e. The lowest BCUT2D eigenvalue weighted by molar-refractivity contribution is -0.117. The number of benzene rings is 1. The molecule has 4 heteroatoms. The van der Waals surface area contributed by atoms with Crippen LogP contribution < -0.4 is 10.6 Å². The average molecular weight is 220 g/mol. The molecule has 0 aromatic heterocycles. The van der Waals surface area contributed by atoms with E-state index in [4.69, 9.17) is 10.8 Å². The van der Waals surface area contributed by atoms with E-state index in [9.17, 15) is 4.79 Å². The molecule has 0 saturated carbocycles. The standard InChI is InChI=1S/C12H16N2O2/c1-14-11-3-2-8(5-10(13)7-15)4-9(11)6-12(14)16/h2-4,10,15H,5-7,13H2,1H3. The number of aliphatic hydroxyl groups is 1. The zero-order chi connectivity index (χ0) is 11.7. The fourth-order valence-electron chi connectivity index (χ4n) is 2.02. The molecule has 0 aliphatic carbocycles. The van der Waals surface area contributed by atoms with Gasteiger partial charge in [0.25, 0.3) is 0 Å². The van der Waals surface area contributed by atoms with Crippen LogP contribution in [0.25, 0.3) is 0 Å². The molecule has 2 rings (SSSR count). The summed E-state index contributed by atoms with van der Waals surface area (Å²) in [6.07, 6.45) is 1.11. The van der Waals surface area contributed by atoms with Gasteiger partial charge in [0.05, 0.1) is 13.0 Å². The van der Waals surface area contributed by atoms with Crippen molar-refractivity contribution in [2.75, 3.05) is 18.6 Å². The van der Waals surface area contributed by atoms with E-state index in [0.29, 0.717) is 12.8 Å². The van der Waals surface area contributed by atoms with Gasteiger partial charge in [-0.15, -0.1) is 0 Å². The topological polar surface area (TPSA) is 66.6 Å². The van der Waals surface area contributed by atoms with Gasteiger partial charge in [-0.25, -0.2) is 0 Å². The first-order valence-electron chi connectivity index (χ1n) is 5.36. The van der Waals surface area contributed by atoms with Gasteiger partial charge in [0.2, 0.25) is 5.91 Å². The summed E-state index contributed by atoms with van der Waals surface area (Å²) in [7, 11) is 1.79. The number of likely N-dealkylation sites (N-methyl/N-ethyl adjacent to an activating group) is 1. The number of carbonyl (C=O) groups is 1. The van der Waals surface area contributed by atoms with Crippen molar-refractivity contribution in [3.8, 4) is 0 Å². The predicted octanol–water partition coefficient (Wildman–Crippen LogP) is 0.0676. The van der Waals surface area contributed by atoms with Crippen LogP contribution in [0, 0.1) is 0 Å². The van der Waals surface area contributed by atoms with E-state index < -0.39 is 0 Å². The van der Waals surface area contributed by atoms with E-state index >= 15 is 0 Å². The Morgan fingerprint density at radius 2 is 2.31 bits per heavy atom. The lowest BCUT2D eigenvalue weighted by Gasteiger charge is -2.12. The second-order valence-electron chi connectivity index (χ2n) is 4.24. The van der Waals surface area contributed by atoms with Gasteiger partial charge in [-0.2, -0.15) is 0 Å². The fraction of sp³-hybridized carbons (Fsp3) is 0.417. The van der Waals surface area contributed by atoms with E-state index in [1.165, 1.54) is 0 Å². The highest BCUT2D eigenvalue weighted by atomic mass is 16.3. The minimum atomic E-state index is -0.229. The molecule has 1 unspecified atom stereocenters. The van der Waals surface area contributed by atoms with Crippen molar-refractivity contribution < 1.29 is 9.90 Å². The molecular weight excluding hydrogens is 204 g/mol. The third-order valence-electron chi connectivity index (χ3n) is 2.95. The van der Waals surface area contributed by atoms with Gasteiger partial charge in [-0.05, 0) is 23.6 Å². The Morgan fingerprint density at radius 3 is 3.00 bits per heavy atom. The Bertz CT molecular complexity index is 417. The van der Waals surface area contributed by atoms with E-state index in [2.05, 4.69) is 0 Å². The van der Waals surface area contributed by atoms with Crippen molar-refractivity contribution in [3.05, 3.63) is 29.3 Å². The summed E-state index contributed by atoms with van der Waals surface area (Å²) in [4.78, 5) is 13.2. The van der Waals surface area contributed by atoms with Gasteiger partial charge in [0, 0.05) is 18.8 Å². The zero-order valence-electron chi connectivity index (χ0n) is 9.31. The van der Waals surface area contributed by atoms with Crippen molar-refractivity contribution in [1.82, 2.24) is 0 Å². The van der Waals surface area contributed by atoms with Crippen LogP contribution in [0.2, 0.25) is 0 Å². The smallest absolute Gasteiger partial charge is 0.231 e. The molecule has 1 aliphatic heterocycles. The Labute approximate surface area is 94.7 Å². The summed E-state index contributed by atoms with van der Waals surface area (Å²) in [5, 5.41) is 8.89. The van der Waals surface area contributed by atoms with Crippen molar-refractivity contribution >= 4 is 11.6 Å². The molecule has 0 spiro atoms. The average Bonchev–Trinajstić information content (AvgIpc) is 2.54. The number of fused-ring (bicyclic) bond motifs is 1. The van der Waals surface area contributed by atoms with Crippen LogP contribution in [0.1, 0.15) is 11.1 Å². The number of carbonyl (C=O) groups excluding carboxylic acids is 1. The van der Waals surface area contributed by atoms with Crippen LogP contribution in [0.3, 0.4) is 0 Å². The van der Waals surface area contributed by atoms with E-state index in [0.717, 1.165) is 16.8 Å². The summed E-state index contributed by atoms with van der Waals surface area (Å²) in [5.41, 5.74) is 8.78. The second-order valence-corrected chi connectivity index (χ2v) is 4.24. The maximum absolute atomic E-state index is 11.5. The number of amides is 1. The van der Waals surface area contributed by atoms with Crippen LogP contribution in [0.5, 0.6) is 0 Å². The molecule has 1 aliphatic rings. The molecule has 0 radical (unpaired) electrons. The first-order chi connectivity index (χ1) is 7.61. The third-order valence-corrected chi connectivity index (χ3v) is 2.95. The molecule has 0 fully saturated rings. The summed E-state index contributed by atoms with van der Waals surface area (Å²) >= 11 is 0. The van der Waals surface area contributed by atoms with Crippen LogP contribution in [-0.4, -0.2) is 30.7 Å². The van der Waals surface area contributed by atoms with Crippen LogP contribution in [-0.2, 0) is 17.6 Å². The first-order valence-corrected chi connectivity index (χ1v) is 5.36. The maximum atomic E-state index is 11.5. The number of anilines is 1. The summed E-state index contributed by atoms with van der Waals surface area (Å²) in [6, 6.07) is 5.68. The maximum Gasteiger partial charge on any atom is 0.231 e. The number of aliphatic hydroxyl groups excluding tert-OH is 1. The molecule has 1 aromatic rings. The quantitative estimate of drug-likeness (QED) is 0.757. The molecule has 1 aromatic carbocycles. The zero-order valence-corrected chi connectivity index (χ0v) is 9.31. The second kappa shape index (κ2) is 4.23. The molecule has 86 valence electrons. The number of nitrogens with two attached hydrogens (primary N) is 1. The molecule has 16 heavy (non-hydrogen) atoms. The van der Waals surface area contributed by atoms with Crippen LogP contribution >= 0.6 is 0 Å². The van der Waals surface area contributed by atoms with Gasteiger partial charge in [0.1, 0.15) is 0 Å². The highest BCUT2D eigenvalue weighted by Crippen LogP contribution is 2.28. The molecule has 1 heterocycles. The summed E-state index contributed by atoms with van der Waals surface area (Å²) < 4.78 is 0. The Hall–Kier alpha value is -1.39. The van der Waals surface area contributed by atoms with E-state index in [1.54, 1.807) is 11.9 Å². The third kappa shape index (κ3) is 1.94. The number of nitrogens with zero attached hydrogens (tertiary/aromatic N) is 1. The van der Waals surface area contributed by atoms with Gasteiger partial charge in [-0.3, -0.25) is 4.79 Å². The molecular formula is C12H16N2O2. The molecule has 1 amide bonds. The number of rotatable bonds is 3. The van der Waals surface area contributed by atoms with Gasteiger partial charge in [-0.1, -0.05) is 12.1 Å².